The van der Waals surface area contributed by atoms with Crippen LogP contribution >= 0.6 is 0 Å². The van der Waals surface area contributed by atoms with Gasteiger partial charge in [-0.3, -0.25) is 0 Å². The molecule has 0 aliphatic heterocycles. The summed E-state index contributed by atoms with van der Waals surface area (Å²) in [5.74, 6) is 2.65. The fraction of sp³-hybridized carbons (Fsp3) is 1.00. The molecule has 0 spiro atoms. The highest BCUT2D eigenvalue weighted by atomic mass is 27.2. The minimum absolute atomic E-state index is 0.388. The van der Waals surface area contributed by atoms with Crippen LogP contribution in [0.5, 0.6) is 0 Å². The number of rotatable bonds is 34. The quantitative estimate of drug-likeness (QED) is 0.0554. The summed E-state index contributed by atoms with van der Waals surface area (Å²) in [5, 5.41) is 3.24. The largest absolute Gasteiger partial charge is 0.258 e. The molecule has 0 atom stereocenters. The second kappa shape index (κ2) is 35.6. The molecule has 0 rings (SSSR count). The summed E-state index contributed by atoms with van der Waals surface area (Å²) >= 11 is -0.388. The Labute approximate surface area is 249 Å². The van der Waals surface area contributed by atoms with Gasteiger partial charge in [0, 0.05) is 0 Å². The molecule has 38 heavy (non-hydrogen) atoms. The fourth-order valence-electron chi connectivity index (χ4n) is 6.23. The van der Waals surface area contributed by atoms with Crippen LogP contribution < -0.4 is 0 Å². The number of unbranched alkanes of at least 4 members (excludes halogenated alkanes) is 30. The highest BCUT2D eigenvalue weighted by Crippen LogP contribution is 2.17. The SMILES string of the molecule is CCCCCCCCCCCCCCCCC[CH2][Al]([CH3])[CH2]CCCCCCCCCCCCCCCCC. The molecule has 0 unspecified atom stereocenters. The molecule has 0 fully saturated rings. The van der Waals surface area contributed by atoms with Gasteiger partial charge >= 0.3 is 0 Å². The van der Waals surface area contributed by atoms with Crippen LogP contribution in [0.1, 0.15) is 219 Å². The normalized spacial score (nSPS) is 11.4. The van der Waals surface area contributed by atoms with Crippen LogP contribution in [0.25, 0.3) is 0 Å². The molecule has 0 nitrogen and oxygen atoms in total. The van der Waals surface area contributed by atoms with Gasteiger partial charge in [0.15, 0.2) is 0 Å². The smallest absolute Gasteiger partial charge is 0.106 e. The second-order valence-electron chi connectivity index (χ2n) is 13.3. The Hall–Kier alpha value is 0.532. The van der Waals surface area contributed by atoms with Crippen LogP contribution in [-0.4, -0.2) is 14.1 Å². The predicted octanol–water partition coefficient (Wildman–Crippen LogP) is 14.6. The predicted molar refractivity (Wildman–Crippen MR) is 180 cm³/mol. The molecule has 0 aliphatic rings. The van der Waals surface area contributed by atoms with Crippen molar-refractivity contribution in [1.82, 2.24) is 0 Å². The molecule has 0 radical (unpaired) electrons. The van der Waals surface area contributed by atoms with E-state index >= 15 is 0 Å². The summed E-state index contributed by atoms with van der Waals surface area (Å²) < 4.78 is 0. The summed E-state index contributed by atoms with van der Waals surface area (Å²) in [7, 11) is 0. The first kappa shape index (κ1) is 38.5. The van der Waals surface area contributed by atoms with Crippen LogP contribution in [-0.2, 0) is 0 Å². The minimum atomic E-state index is -0.388. The maximum absolute atomic E-state index is 2.65. The van der Waals surface area contributed by atoms with Gasteiger partial charge < -0.3 is 0 Å². The Kier molecular flexibility index (Phi) is 36.1. The van der Waals surface area contributed by atoms with E-state index in [4.69, 9.17) is 0 Å². The van der Waals surface area contributed by atoms with Crippen molar-refractivity contribution in [3.8, 4) is 0 Å². The van der Waals surface area contributed by atoms with Crippen molar-refractivity contribution in [3.05, 3.63) is 0 Å². The van der Waals surface area contributed by atoms with Crippen molar-refractivity contribution in [3.63, 3.8) is 0 Å². The van der Waals surface area contributed by atoms with Crippen LogP contribution in [0.4, 0.5) is 0 Å². The standard InChI is InChI=1S/2C18H37.CH3.Al/c2*1-3-5-7-9-11-13-15-17-18-16-14-12-10-8-6-4-2;;/h2*1,3-18H2,2H3;1H3;. The third-order valence-corrected chi connectivity index (χ3v) is 11.9. The first-order valence-electron chi connectivity index (χ1n) is 18.8. The summed E-state index contributed by atoms with van der Waals surface area (Å²) in [4.78, 5) is 0. The van der Waals surface area contributed by atoms with Gasteiger partial charge in [-0.25, -0.2) is 0 Å². The van der Waals surface area contributed by atoms with Gasteiger partial charge in [-0.05, 0) is 0 Å². The Morgan fingerprint density at radius 3 is 0.579 bits per heavy atom. The lowest BCUT2D eigenvalue weighted by atomic mass is 10.0. The molecule has 0 aromatic carbocycles. The molecular formula is C37H77Al. The van der Waals surface area contributed by atoms with Crippen molar-refractivity contribution in [2.75, 3.05) is 0 Å². The van der Waals surface area contributed by atoms with Gasteiger partial charge in [0.25, 0.3) is 14.1 Å². The van der Waals surface area contributed by atoms with E-state index in [0.717, 1.165) is 0 Å². The highest BCUT2D eigenvalue weighted by molar-refractivity contribution is 6.57. The van der Waals surface area contributed by atoms with Gasteiger partial charge in [0.1, 0.15) is 0 Å². The average molecular weight is 549 g/mol. The molecule has 0 heterocycles. The van der Waals surface area contributed by atoms with Crippen molar-refractivity contribution in [1.29, 1.82) is 0 Å². The summed E-state index contributed by atoms with van der Waals surface area (Å²) in [5.41, 5.74) is 0. The van der Waals surface area contributed by atoms with Gasteiger partial charge in [-0.15, -0.1) is 5.79 Å². The van der Waals surface area contributed by atoms with Crippen LogP contribution in [0, 0.1) is 0 Å². The average Bonchev–Trinajstić information content (AvgIpc) is 2.92. The zero-order chi connectivity index (χ0) is 27.6. The van der Waals surface area contributed by atoms with Gasteiger partial charge in [0.05, 0.1) is 0 Å². The molecular weight excluding hydrogens is 471 g/mol. The lowest BCUT2D eigenvalue weighted by Crippen LogP contribution is -2.05. The van der Waals surface area contributed by atoms with Crippen LogP contribution in [0.15, 0.2) is 0 Å². The molecule has 0 aliphatic carbocycles. The van der Waals surface area contributed by atoms with Crippen LogP contribution in [0.3, 0.4) is 0 Å². The van der Waals surface area contributed by atoms with E-state index in [1.165, 1.54) is 193 Å². The monoisotopic (exact) mass is 549 g/mol. The third-order valence-electron chi connectivity index (χ3n) is 9.10. The zero-order valence-corrected chi connectivity index (χ0v) is 28.8. The minimum Gasteiger partial charge on any atom is -0.106 e. The molecule has 0 saturated carbocycles. The first-order chi connectivity index (χ1) is 18.8. The van der Waals surface area contributed by atoms with Crippen molar-refractivity contribution in [2.45, 2.75) is 236 Å². The van der Waals surface area contributed by atoms with E-state index in [1.807, 2.05) is 0 Å². The molecule has 0 N–H and O–H groups in total. The highest BCUT2D eigenvalue weighted by Gasteiger charge is 2.08. The molecule has 0 amide bonds. The molecule has 228 valence electrons. The van der Waals surface area contributed by atoms with Gasteiger partial charge in [-0.2, -0.15) is 0 Å². The topological polar surface area (TPSA) is 0 Å². The molecule has 1 heteroatoms. The van der Waals surface area contributed by atoms with Crippen molar-refractivity contribution >= 4 is 14.1 Å². The van der Waals surface area contributed by atoms with E-state index in [1.54, 1.807) is 23.4 Å². The van der Waals surface area contributed by atoms with E-state index in [0.29, 0.717) is 0 Å². The maximum atomic E-state index is 2.65. The Balaban J connectivity index is 3.13. The zero-order valence-electron chi connectivity index (χ0n) is 27.6. The maximum Gasteiger partial charge on any atom is 0.258 e. The summed E-state index contributed by atoms with van der Waals surface area (Å²) in [6.45, 7) is 4.62. The van der Waals surface area contributed by atoms with E-state index in [-0.39, 0.29) is 14.1 Å². The second-order valence-corrected chi connectivity index (χ2v) is 16.7. The molecule has 0 saturated heterocycles. The van der Waals surface area contributed by atoms with Gasteiger partial charge in [-0.1, -0.05) is 230 Å². The lowest BCUT2D eigenvalue weighted by molar-refractivity contribution is 0.530. The molecule has 0 bridgehead atoms. The van der Waals surface area contributed by atoms with Crippen molar-refractivity contribution < 1.29 is 0 Å². The lowest BCUT2D eigenvalue weighted by Gasteiger charge is -2.07. The summed E-state index contributed by atoms with van der Waals surface area (Å²) in [6.07, 6.45) is 47.7. The number of hydrogen-bond donors (Lipinski definition) is 0. The van der Waals surface area contributed by atoms with Gasteiger partial charge in [0.2, 0.25) is 0 Å². The van der Waals surface area contributed by atoms with Crippen molar-refractivity contribution in [2.24, 2.45) is 0 Å². The molecule has 0 aromatic rings. The van der Waals surface area contributed by atoms with Crippen LogP contribution in [0.2, 0.25) is 16.4 Å². The third kappa shape index (κ3) is 34.6. The Bertz CT molecular complexity index is 356. The van der Waals surface area contributed by atoms with E-state index in [2.05, 4.69) is 19.6 Å². The van der Waals surface area contributed by atoms with E-state index < -0.39 is 0 Å². The molecule has 0 aromatic heterocycles. The number of hydrogen-bond acceptors (Lipinski definition) is 0. The fourth-order valence-corrected chi connectivity index (χ4v) is 8.49. The Morgan fingerprint density at radius 1 is 0.237 bits per heavy atom. The first-order valence-corrected chi connectivity index (χ1v) is 21.6. The van der Waals surface area contributed by atoms with E-state index in [9.17, 15) is 0 Å². The summed E-state index contributed by atoms with van der Waals surface area (Å²) in [6, 6.07) is 0. The Morgan fingerprint density at radius 2 is 0.395 bits per heavy atom.